The van der Waals surface area contributed by atoms with Crippen molar-refractivity contribution in [2.24, 2.45) is 0 Å². The number of rotatable bonds is 16. The summed E-state index contributed by atoms with van der Waals surface area (Å²) in [4.78, 5) is 14.0. The van der Waals surface area contributed by atoms with E-state index in [1.807, 2.05) is 54.6 Å². The third-order valence-electron chi connectivity index (χ3n) is 6.48. The van der Waals surface area contributed by atoms with E-state index in [1.54, 1.807) is 24.3 Å². The van der Waals surface area contributed by atoms with Crippen LogP contribution in [0.3, 0.4) is 0 Å². The van der Waals surface area contributed by atoms with Crippen LogP contribution < -0.4 is 21.2 Å². The third-order valence-corrected chi connectivity index (χ3v) is 9.36. The van der Waals surface area contributed by atoms with Crippen LogP contribution in [0.1, 0.15) is 75.6 Å². The van der Waals surface area contributed by atoms with E-state index in [9.17, 15) is 9.36 Å². The number of hydrogen-bond acceptors (Lipinski definition) is 4. The Balaban J connectivity index is 1.91. The molecule has 0 fully saturated rings. The van der Waals surface area contributed by atoms with Crippen molar-refractivity contribution in [2.45, 2.75) is 65.2 Å². The summed E-state index contributed by atoms with van der Waals surface area (Å²) in [5.74, 6) is 0. The van der Waals surface area contributed by atoms with E-state index in [0.29, 0.717) is 16.2 Å². The van der Waals surface area contributed by atoms with Gasteiger partial charge in [0.1, 0.15) is 0 Å². The quantitative estimate of drug-likeness (QED) is 0.154. The van der Waals surface area contributed by atoms with Crippen molar-refractivity contribution in [2.75, 3.05) is 23.7 Å². The number of unbranched alkanes of at least 4 members (excludes halogenated alkanes) is 6. The van der Waals surface area contributed by atoms with Gasteiger partial charge in [0.15, 0.2) is 0 Å². The van der Waals surface area contributed by atoms with Crippen LogP contribution in [-0.4, -0.2) is 18.6 Å². The Morgan fingerprint density at radius 3 is 1.64 bits per heavy atom. The predicted octanol–water partition coefficient (Wildman–Crippen LogP) is 7.83. The minimum Gasteiger partial charge on any atom is -0.383 e. The molecule has 0 aromatic heterocycles. The molecule has 0 atom stereocenters. The van der Waals surface area contributed by atoms with Gasteiger partial charge in [-0.3, -0.25) is 4.79 Å². The minimum atomic E-state index is -3.53. The van der Waals surface area contributed by atoms with Gasteiger partial charge in [-0.15, -0.1) is 0 Å². The first-order valence-electron chi connectivity index (χ1n) is 13.5. The van der Waals surface area contributed by atoms with Crippen molar-refractivity contribution >= 4 is 34.7 Å². The van der Waals surface area contributed by atoms with Crippen molar-refractivity contribution < 1.29 is 9.36 Å². The molecule has 5 heteroatoms. The Bertz CT molecular complexity index is 1070. The molecule has 0 amide bonds. The molecule has 0 bridgehead atoms. The van der Waals surface area contributed by atoms with Gasteiger partial charge in [-0.1, -0.05) is 113 Å². The van der Waals surface area contributed by atoms with Crippen molar-refractivity contribution in [3.05, 3.63) is 84.4 Å². The fraction of sp³-hybridized carbons (Fsp3) is 0.387. The normalized spacial score (nSPS) is 11.3. The molecule has 0 spiro atoms. The van der Waals surface area contributed by atoms with Crippen molar-refractivity contribution in [3.63, 3.8) is 0 Å². The first-order chi connectivity index (χ1) is 17.6. The number of benzene rings is 3. The van der Waals surface area contributed by atoms with E-state index in [-0.39, 0.29) is 5.52 Å². The molecule has 3 aromatic rings. The van der Waals surface area contributed by atoms with Gasteiger partial charge in [-0.2, -0.15) is 0 Å². The minimum absolute atomic E-state index is 0.330. The molecule has 4 nitrogen and oxygen atoms in total. The van der Waals surface area contributed by atoms with Crippen LogP contribution in [0.25, 0.3) is 0 Å². The Labute approximate surface area is 217 Å². The highest BCUT2D eigenvalue weighted by Gasteiger charge is 2.36. The summed E-state index contributed by atoms with van der Waals surface area (Å²) in [6.07, 6.45) is 9.45. The SMILES string of the molecule is CCCCCCNc1ccc(C(=O)P(=O)(c2ccccc2)c2ccccc2)cc1NCCCCCC. The summed E-state index contributed by atoms with van der Waals surface area (Å²) in [7, 11) is -3.53. The van der Waals surface area contributed by atoms with Crippen molar-refractivity contribution in [1.82, 2.24) is 0 Å². The van der Waals surface area contributed by atoms with Gasteiger partial charge in [0.05, 0.1) is 11.4 Å². The first-order valence-corrected chi connectivity index (χ1v) is 15.2. The average molecular weight is 505 g/mol. The molecule has 0 aliphatic rings. The molecule has 0 aliphatic carbocycles. The molecule has 0 heterocycles. The first kappa shape index (κ1) is 27.7. The third kappa shape index (κ3) is 7.34. The van der Waals surface area contributed by atoms with E-state index in [0.717, 1.165) is 37.3 Å². The molecular formula is C31H41N2O2P. The lowest BCUT2D eigenvalue weighted by Gasteiger charge is -2.20. The van der Waals surface area contributed by atoms with Gasteiger partial charge >= 0.3 is 0 Å². The lowest BCUT2D eigenvalue weighted by atomic mass is 10.1. The zero-order valence-corrected chi connectivity index (χ0v) is 22.7. The van der Waals surface area contributed by atoms with Gasteiger partial charge in [0, 0.05) is 29.3 Å². The van der Waals surface area contributed by atoms with Crippen LogP contribution >= 0.6 is 7.14 Å². The molecule has 0 saturated heterocycles. The molecule has 0 aliphatic heterocycles. The summed E-state index contributed by atoms with van der Waals surface area (Å²) >= 11 is 0. The molecule has 2 N–H and O–H groups in total. The Morgan fingerprint density at radius 2 is 1.14 bits per heavy atom. The molecular weight excluding hydrogens is 463 g/mol. The molecule has 0 saturated carbocycles. The summed E-state index contributed by atoms with van der Waals surface area (Å²) in [6.45, 7) is 6.16. The van der Waals surface area contributed by atoms with Gasteiger partial charge in [-0.25, -0.2) is 0 Å². The van der Waals surface area contributed by atoms with Crippen molar-refractivity contribution in [1.29, 1.82) is 0 Å². The largest absolute Gasteiger partial charge is 0.383 e. The Morgan fingerprint density at radius 1 is 0.639 bits per heavy atom. The summed E-state index contributed by atoms with van der Waals surface area (Å²) in [5.41, 5.74) is 2.04. The topological polar surface area (TPSA) is 58.2 Å². The summed E-state index contributed by atoms with van der Waals surface area (Å²) < 4.78 is 14.5. The van der Waals surface area contributed by atoms with Gasteiger partial charge in [0.25, 0.3) is 0 Å². The van der Waals surface area contributed by atoms with Crippen LogP contribution in [0.2, 0.25) is 0 Å². The molecule has 0 unspecified atom stereocenters. The Kier molecular flexibility index (Phi) is 11.3. The fourth-order valence-corrected chi connectivity index (χ4v) is 6.82. The maximum atomic E-state index is 14.5. The molecule has 36 heavy (non-hydrogen) atoms. The molecule has 3 aromatic carbocycles. The second-order valence-electron chi connectivity index (χ2n) is 9.32. The number of nitrogens with one attached hydrogen (secondary N) is 2. The Hall–Kier alpha value is -2.84. The van der Waals surface area contributed by atoms with E-state index in [1.165, 1.54) is 38.5 Å². The van der Waals surface area contributed by atoms with E-state index in [4.69, 9.17) is 0 Å². The number of hydrogen-bond donors (Lipinski definition) is 2. The monoisotopic (exact) mass is 504 g/mol. The lowest BCUT2D eigenvalue weighted by Crippen LogP contribution is -2.22. The van der Waals surface area contributed by atoms with Crippen LogP contribution in [0.4, 0.5) is 11.4 Å². The predicted molar refractivity (Wildman–Crippen MR) is 156 cm³/mol. The summed E-state index contributed by atoms with van der Waals surface area (Å²) in [6, 6.07) is 24.0. The van der Waals surface area contributed by atoms with E-state index in [2.05, 4.69) is 24.5 Å². The fourth-order valence-electron chi connectivity index (χ4n) is 4.37. The summed E-state index contributed by atoms with van der Waals surface area (Å²) in [5, 5.41) is 8.22. The van der Waals surface area contributed by atoms with E-state index < -0.39 is 7.14 Å². The second-order valence-corrected chi connectivity index (χ2v) is 12.0. The smallest absolute Gasteiger partial charge is 0.230 e. The van der Waals surface area contributed by atoms with Crippen LogP contribution in [-0.2, 0) is 4.57 Å². The van der Waals surface area contributed by atoms with E-state index >= 15 is 0 Å². The standard InChI is InChI=1S/C31H41N2O2P/c1-3-5-7-15-23-32-29-22-21-26(25-30(29)33-24-16-8-6-4-2)31(34)36(35,27-17-11-9-12-18-27)28-19-13-10-14-20-28/h9-14,17-22,25,32-33H,3-8,15-16,23-24H2,1-2H3. The highest BCUT2D eigenvalue weighted by atomic mass is 31.2. The highest BCUT2D eigenvalue weighted by molar-refractivity contribution is 7.93. The number of carbonyl (C=O) groups excluding carboxylic acids is 1. The van der Waals surface area contributed by atoms with Gasteiger partial charge < -0.3 is 15.2 Å². The average Bonchev–Trinajstić information content (AvgIpc) is 2.93. The highest BCUT2D eigenvalue weighted by Crippen LogP contribution is 2.47. The maximum absolute atomic E-state index is 14.5. The van der Waals surface area contributed by atoms with Crippen LogP contribution in [0.15, 0.2) is 78.9 Å². The molecule has 192 valence electrons. The zero-order chi connectivity index (χ0) is 25.6. The van der Waals surface area contributed by atoms with Crippen LogP contribution in [0, 0.1) is 0 Å². The lowest BCUT2D eigenvalue weighted by molar-refractivity contribution is 0.107. The molecule has 3 rings (SSSR count). The maximum Gasteiger partial charge on any atom is 0.230 e. The van der Waals surface area contributed by atoms with Crippen molar-refractivity contribution in [3.8, 4) is 0 Å². The molecule has 0 radical (unpaired) electrons. The van der Waals surface area contributed by atoms with Crippen LogP contribution in [0.5, 0.6) is 0 Å². The number of carbonyl (C=O) groups is 1. The van der Waals surface area contributed by atoms with Gasteiger partial charge in [-0.05, 0) is 31.0 Å². The second kappa shape index (κ2) is 14.7. The zero-order valence-electron chi connectivity index (χ0n) is 21.8. The van der Waals surface area contributed by atoms with Gasteiger partial charge in [0.2, 0.25) is 12.7 Å². The number of anilines is 2.